The first-order valence-electron chi connectivity index (χ1n) is 7.95. The quantitative estimate of drug-likeness (QED) is 0.489. The number of carbonyl (C=O) groups excluding carboxylic acids is 3. The standard InChI is InChI=1S/C18H9Cl2F3N2O4S/c19-8-3-7(4-9(20)16(8)27)5-12-17(28)25(18(29)30-12)6-13(26)24-11-2-1-10(21)14(22)15(11)23/h1-5,27H,6H2,(H,24,26)/b12-5-. The zero-order valence-corrected chi connectivity index (χ0v) is 16.8. The fourth-order valence-corrected chi connectivity index (χ4v) is 3.75. The van der Waals surface area contributed by atoms with Crippen molar-refractivity contribution in [2.75, 3.05) is 11.9 Å². The van der Waals surface area contributed by atoms with Crippen LogP contribution in [0.15, 0.2) is 29.2 Å². The Morgan fingerprint density at radius 1 is 1.13 bits per heavy atom. The van der Waals surface area contributed by atoms with Gasteiger partial charge in [-0.05, 0) is 47.7 Å². The second-order valence-electron chi connectivity index (χ2n) is 5.87. The summed E-state index contributed by atoms with van der Waals surface area (Å²) in [5.41, 5.74) is -0.323. The lowest BCUT2D eigenvalue weighted by Gasteiger charge is -2.13. The topological polar surface area (TPSA) is 86.7 Å². The number of carbonyl (C=O) groups is 3. The van der Waals surface area contributed by atoms with Gasteiger partial charge in [-0.3, -0.25) is 19.3 Å². The monoisotopic (exact) mass is 476 g/mol. The minimum absolute atomic E-state index is 0.0513. The van der Waals surface area contributed by atoms with E-state index in [-0.39, 0.29) is 20.7 Å². The van der Waals surface area contributed by atoms with E-state index in [4.69, 9.17) is 23.2 Å². The first-order chi connectivity index (χ1) is 14.1. The Morgan fingerprint density at radius 3 is 2.40 bits per heavy atom. The maximum atomic E-state index is 13.7. The fraction of sp³-hybridized carbons (Fsp3) is 0.0556. The van der Waals surface area contributed by atoms with Gasteiger partial charge in [-0.1, -0.05) is 23.2 Å². The number of hydrogen-bond donors (Lipinski definition) is 2. The van der Waals surface area contributed by atoms with Crippen LogP contribution in [0.1, 0.15) is 5.56 Å². The van der Waals surface area contributed by atoms with Crippen LogP contribution in [-0.4, -0.2) is 33.6 Å². The molecule has 2 N–H and O–H groups in total. The summed E-state index contributed by atoms with van der Waals surface area (Å²) in [7, 11) is 0. The van der Waals surface area contributed by atoms with Crippen molar-refractivity contribution in [3.8, 4) is 5.75 Å². The van der Waals surface area contributed by atoms with Crippen LogP contribution in [-0.2, 0) is 9.59 Å². The summed E-state index contributed by atoms with van der Waals surface area (Å²) in [6.45, 7) is -0.780. The molecule has 0 radical (unpaired) electrons. The predicted molar refractivity (Wildman–Crippen MR) is 106 cm³/mol. The number of halogens is 5. The van der Waals surface area contributed by atoms with Crippen molar-refractivity contribution in [3.05, 3.63) is 62.2 Å². The van der Waals surface area contributed by atoms with Gasteiger partial charge in [-0.15, -0.1) is 0 Å². The third-order valence-corrected chi connectivity index (χ3v) is 5.31. The maximum absolute atomic E-state index is 13.7. The fourth-order valence-electron chi connectivity index (χ4n) is 2.41. The van der Waals surface area contributed by atoms with Gasteiger partial charge in [0, 0.05) is 0 Å². The van der Waals surface area contributed by atoms with E-state index in [9.17, 15) is 32.7 Å². The molecule has 30 heavy (non-hydrogen) atoms. The summed E-state index contributed by atoms with van der Waals surface area (Å²) < 4.78 is 39.9. The van der Waals surface area contributed by atoms with Crippen molar-refractivity contribution in [1.29, 1.82) is 0 Å². The molecule has 6 nitrogen and oxygen atoms in total. The molecule has 0 atom stereocenters. The van der Waals surface area contributed by atoms with Crippen LogP contribution in [0.2, 0.25) is 10.0 Å². The molecule has 0 bridgehead atoms. The van der Waals surface area contributed by atoms with E-state index < -0.39 is 46.7 Å². The van der Waals surface area contributed by atoms with Crippen LogP contribution in [0.3, 0.4) is 0 Å². The number of hydrogen-bond acceptors (Lipinski definition) is 5. The Balaban J connectivity index is 1.75. The molecule has 12 heteroatoms. The molecule has 1 heterocycles. The average Bonchev–Trinajstić information content (AvgIpc) is 2.94. The molecule has 0 spiro atoms. The molecule has 0 aromatic heterocycles. The zero-order chi connectivity index (χ0) is 22.2. The average molecular weight is 477 g/mol. The Hall–Kier alpha value is -2.69. The number of rotatable bonds is 4. The van der Waals surface area contributed by atoms with E-state index in [0.717, 1.165) is 6.07 Å². The molecule has 1 aliphatic rings. The highest BCUT2D eigenvalue weighted by atomic mass is 35.5. The minimum atomic E-state index is -1.77. The summed E-state index contributed by atoms with van der Waals surface area (Å²) in [6, 6.07) is 4.05. The molecule has 1 aliphatic heterocycles. The van der Waals surface area contributed by atoms with Gasteiger partial charge in [-0.2, -0.15) is 0 Å². The number of amides is 3. The van der Waals surface area contributed by atoms with Gasteiger partial charge in [-0.25, -0.2) is 13.2 Å². The first-order valence-corrected chi connectivity index (χ1v) is 9.52. The summed E-state index contributed by atoms with van der Waals surface area (Å²) in [4.78, 5) is 37.2. The highest BCUT2D eigenvalue weighted by Gasteiger charge is 2.36. The van der Waals surface area contributed by atoms with Crippen molar-refractivity contribution in [3.63, 3.8) is 0 Å². The Morgan fingerprint density at radius 2 is 1.77 bits per heavy atom. The third kappa shape index (κ3) is 4.40. The lowest BCUT2D eigenvalue weighted by atomic mass is 10.2. The van der Waals surface area contributed by atoms with Gasteiger partial charge < -0.3 is 10.4 Å². The summed E-state index contributed by atoms with van der Waals surface area (Å²) >= 11 is 12.2. The first kappa shape index (κ1) is 22.0. The van der Waals surface area contributed by atoms with E-state index in [1.165, 1.54) is 18.2 Å². The maximum Gasteiger partial charge on any atom is 0.294 e. The number of nitrogens with zero attached hydrogens (tertiary/aromatic N) is 1. The van der Waals surface area contributed by atoms with Gasteiger partial charge in [0.1, 0.15) is 6.54 Å². The molecular weight excluding hydrogens is 468 g/mol. The van der Waals surface area contributed by atoms with Crippen molar-refractivity contribution < 1.29 is 32.7 Å². The number of nitrogens with one attached hydrogen (secondary N) is 1. The minimum Gasteiger partial charge on any atom is -0.505 e. The van der Waals surface area contributed by atoms with Gasteiger partial charge in [0.05, 0.1) is 20.6 Å². The predicted octanol–water partition coefficient (Wildman–Crippen LogP) is 4.79. The van der Waals surface area contributed by atoms with Gasteiger partial charge >= 0.3 is 0 Å². The Labute approximate surface area is 181 Å². The van der Waals surface area contributed by atoms with E-state index in [2.05, 4.69) is 0 Å². The molecule has 2 aromatic rings. The van der Waals surface area contributed by atoms with Crippen molar-refractivity contribution in [2.24, 2.45) is 0 Å². The van der Waals surface area contributed by atoms with E-state index in [1.54, 1.807) is 0 Å². The SMILES string of the molecule is O=C(CN1C(=O)S/C(=C\c2cc(Cl)c(O)c(Cl)c2)C1=O)Nc1ccc(F)c(F)c1F. The van der Waals surface area contributed by atoms with Crippen LogP contribution in [0.25, 0.3) is 6.08 Å². The number of aromatic hydroxyl groups is 1. The second kappa shape index (κ2) is 8.58. The number of imide groups is 1. The molecular formula is C18H9Cl2F3N2O4S. The van der Waals surface area contributed by atoms with E-state index >= 15 is 0 Å². The number of benzene rings is 2. The van der Waals surface area contributed by atoms with Crippen molar-refractivity contribution >= 4 is 63.8 Å². The largest absolute Gasteiger partial charge is 0.505 e. The molecule has 0 unspecified atom stereocenters. The summed E-state index contributed by atoms with van der Waals surface area (Å²) in [5, 5.41) is 10.6. The Kier molecular flexibility index (Phi) is 6.30. The molecule has 2 aromatic carbocycles. The molecule has 0 aliphatic carbocycles. The van der Waals surface area contributed by atoms with Crippen molar-refractivity contribution in [2.45, 2.75) is 0 Å². The summed E-state index contributed by atoms with van der Waals surface area (Å²) in [6.07, 6.45) is 1.29. The van der Waals surface area contributed by atoms with Gasteiger partial charge in [0.15, 0.2) is 23.2 Å². The van der Waals surface area contributed by atoms with Crippen LogP contribution < -0.4 is 5.32 Å². The van der Waals surface area contributed by atoms with Crippen LogP contribution in [0.5, 0.6) is 5.75 Å². The normalized spacial score (nSPS) is 15.2. The number of anilines is 1. The molecule has 0 saturated carbocycles. The molecule has 1 saturated heterocycles. The number of phenols is 1. The molecule has 3 rings (SSSR count). The zero-order valence-electron chi connectivity index (χ0n) is 14.5. The molecule has 3 amide bonds. The van der Waals surface area contributed by atoms with Gasteiger partial charge in [0.25, 0.3) is 11.1 Å². The lowest BCUT2D eigenvalue weighted by Crippen LogP contribution is -2.36. The van der Waals surface area contributed by atoms with E-state index in [1.807, 2.05) is 5.32 Å². The lowest BCUT2D eigenvalue weighted by molar-refractivity contribution is -0.127. The molecule has 156 valence electrons. The smallest absolute Gasteiger partial charge is 0.294 e. The second-order valence-corrected chi connectivity index (χ2v) is 7.68. The Bertz CT molecular complexity index is 1100. The highest BCUT2D eigenvalue weighted by molar-refractivity contribution is 8.18. The third-order valence-electron chi connectivity index (χ3n) is 3.82. The van der Waals surface area contributed by atoms with Crippen LogP contribution in [0, 0.1) is 17.5 Å². The number of phenolic OH excluding ortho intramolecular Hbond substituents is 1. The van der Waals surface area contributed by atoms with E-state index in [0.29, 0.717) is 28.3 Å². The highest BCUT2D eigenvalue weighted by Crippen LogP contribution is 2.36. The van der Waals surface area contributed by atoms with Gasteiger partial charge in [0.2, 0.25) is 5.91 Å². The van der Waals surface area contributed by atoms with Crippen LogP contribution in [0.4, 0.5) is 23.7 Å². The number of thioether (sulfide) groups is 1. The van der Waals surface area contributed by atoms with Crippen molar-refractivity contribution in [1.82, 2.24) is 4.90 Å². The summed E-state index contributed by atoms with van der Waals surface area (Å²) in [5.74, 6) is -6.97. The molecule has 1 fully saturated rings. The van der Waals surface area contributed by atoms with Crippen LogP contribution >= 0.6 is 35.0 Å².